The minimum Gasteiger partial charge on any atom is -0.350 e. The number of rotatable bonds is 3. The van der Waals surface area contributed by atoms with E-state index in [2.05, 4.69) is 25.3 Å². The molecular weight excluding hydrogens is 338 g/mol. The summed E-state index contributed by atoms with van der Waals surface area (Å²) in [5.41, 5.74) is -0.284. The van der Waals surface area contributed by atoms with Crippen LogP contribution in [-0.4, -0.2) is 19.9 Å². The fourth-order valence-corrected chi connectivity index (χ4v) is 2.17. The summed E-state index contributed by atoms with van der Waals surface area (Å²) in [6.07, 6.45) is -1.74. The summed E-state index contributed by atoms with van der Waals surface area (Å²) in [5, 5.41) is 2.05. The van der Waals surface area contributed by atoms with Crippen molar-refractivity contribution in [3.8, 4) is 0 Å². The predicted octanol–water partition coefficient (Wildman–Crippen LogP) is 3.78. The molecule has 0 saturated heterocycles. The van der Waals surface area contributed by atoms with Gasteiger partial charge in [-0.3, -0.25) is 0 Å². The maximum Gasteiger partial charge on any atom is 0.416 e. The summed E-state index contributed by atoms with van der Waals surface area (Å²) in [5.74, 6) is -0.814. The first kappa shape index (κ1) is 15.5. The summed E-state index contributed by atoms with van der Waals surface area (Å²) in [6, 6.07) is 1.24. The van der Waals surface area contributed by atoms with E-state index in [0.29, 0.717) is 23.3 Å². The Hall–Kier alpha value is -2.42. The minimum atomic E-state index is -4.61. The van der Waals surface area contributed by atoms with Crippen LogP contribution in [0.3, 0.4) is 0 Å². The fraction of sp³-hybridized carbons (Fsp3) is 0.154. The van der Waals surface area contributed by atoms with Crippen LogP contribution in [0.15, 0.2) is 24.7 Å². The number of nitrogens with zero attached hydrogens (tertiary/aromatic N) is 3. The topological polar surface area (TPSA) is 66.5 Å². The van der Waals surface area contributed by atoms with Crippen molar-refractivity contribution >= 4 is 28.7 Å². The third-order valence-electron chi connectivity index (χ3n) is 3.04. The molecule has 10 heteroatoms. The summed E-state index contributed by atoms with van der Waals surface area (Å²) in [7, 11) is 0. The maximum atomic E-state index is 13.9. The van der Waals surface area contributed by atoms with Gasteiger partial charge in [0, 0.05) is 12.1 Å². The number of H-pyrrole nitrogens is 1. The highest BCUT2D eigenvalue weighted by atomic mass is 35.5. The van der Waals surface area contributed by atoms with Crippen LogP contribution < -0.4 is 5.32 Å². The number of benzene rings is 1. The Labute approximate surface area is 131 Å². The highest BCUT2D eigenvalue weighted by molar-refractivity contribution is 6.30. The number of aromatic amines is 1. The highest BCUT2D eigenvalue weighted by Crippen LogP contribution is 2.33. The summed E-state index contributed by atoms with van der Waals surface area (Å²) < 4.78 is 52.1. The van der Waals surface area contributed by atoms with Crippen molar-refractivity contribution in [2.75, 3.05) is 5.32 Å². The van der Waals surface area contributed by atoms with Gasteiger partial charge in [0.15, 0.2) is 5.65 Å². The van der Waals surface area contributed by atoms with Gasteiger partial charge in [-0.15, -0.1) is 0 Å². The molecule has 0 aliphatic rings. The van der Waals surface area contributed by atoms with Crippen LogP contribution in [-0.2, 0) is 12.7 Å². The lowest BCUT2D eigenvalue weighted by Crippen LogP contribution is -2.10. The van der Waals surface area contributed by atoms with Gasteiger partial charge in [-0.05, 0) is 12.1 Å². The van der Waals surface area contributed by atoms with E-state index in [1.54, 1.807) is 0 Å². The van der Waals surface area contributed by atoms with Gasteiger partial charge < -0.3 is 10.3 Å². The number of hydrogen-bond acceptors (Lipinski definition) is 4. The van der Waals surface area contributed by atoms with Gasteiger partial charge >= 0.3 is 6.18 Å². The Morgan fingerprint density at radius 2 is 2.00 bits per heavy atom. The van der Waals surface area contributed by atoms with Gasteiger partial charge in [0.1, 0.15) is 11.3 Å². The Morgan fingerprint density at radius 1 is 1.22 bits per heavy atom. The first-order valence-corrected chi connectivity index (χ1v) is 6.67. The van der Waals surface area contributed by atoms with E-state index in [9.17, 15) is 17.6 Å². The van der Waals surface area contributed by atoms with E-state index in [4.69, 9.17) is 11.6 Å². The Morgan fingerprint density at radius 3 is 2.74 bits per heavy atom. The normalized spacial score (nSPS) is 11.9. The quantitative estimate of drug-likeness (QED) is 0.709. The second kappa shape index (κ2) is 5.65. The SMILES string of the molecule is Fc1c(Cl)cc(C(F)(F)F)cc1CNc1ncc2[nH]cnc2n1. The van der Waals surface area contributed by atoms with Crippen molar-refractivity contribution in [3.63, 3.8) is 0 Å². The number of fused-ring (bicyclic) bond motifs is 1. The highest BCUT2D eigenvalue weighted by Gasteiger charge is 2.32. The molecule has 0 spiro atoms. The monoisotopic (exact) mass is 345 g/mol. The van der Waals surface area contributed by atoms with Crippen LogP contribution in [0, 0.1) is 5.82 Å². The van der Waals surface area contributed by atoms with Gasteiger partial charge in [0.25, 0.3) is 0 Å². The van der Waals surface area contributed by atoms with E-state index in [1.165, 1.54) is 12.5 Å². The zero-order valence-corrected chi connectivity index (χ0v) is 12.0. The molecule has 5 nitrogen and oxygen atoms in total. The van der Waals surface area contributed by atoms with Crippen LogP contribution in [0.5, 0.6) is 0 Å². The van der Waals surface area contributed by atoms with E-state index in [0.717, 1.165) is 0 Å². The van der Waals surface area contributed by atoms with Crippen LogP contribution in [0.2, 0.25) is 5.02 Å². The van der Waals surface area contributed by atoms with Crippen molar-refractivity contribution < 1.29 is 17.6 Å². The molecule has 0 amide bonds. The molecule has 0 aliphatic carbocycles. The Bertz CT molecular complexity index is 861. The van der Waals surface area contributed by atoms with Gasteiger partial charge in [0.05, 0.1) is 23.1 Å². The molecule has 3 rings (SSSR count). The van der Waals surface area contributed by atoms with E-state index in [1.807, 2.05) is 0 Å². The predicted molar refractivity (Wildman–Crippen MR) is 75.4 cm³/mol. The molecule has 0 aliphatic heterocycles. The number of alkyl halides is 3. The summed E-state index contributed by atoms with van der Waals surface area (Å²) in [6.45, 7) is -0.259. The smallest absolute Gasteiger partial charge is 0.350 e. The first-order chi connectivity index (χ1) is 10.8. The molecule has 2 heterocycles. The van der Waals surface area contributed by atoms with Crippen molar-refractivity contribution in [2.45, 2.75) is 12.7 Å². The van der Waals surface area contributed by atoms with E-state index in [-0.39, 0.29) is 18.1 Å². The third kappa shape index (κ3) is 3.19. The van der Waals surface area contributed by atoms with Crippen LogP contribution in [0.4, 0.5) is 23.5 Å². The number of aromatic nitrogens is 4. The van der Waals surface area contributed by atoms with Crippen molar-refractivity contribution in [3.05, 3.63) is 46.6 Å². The number of nitrogens with one attached hydrogen (secondary N) is 2. The molecule has 2 N–H and O–H groups in total. The van der Waals surface area contributed by atoms with Crippen molar-refractivity contribution in [1.82, 2.24) is 19.9 Å². The second-order valence-corrected chi connectivity index (χ2v) is 5.02. The first-order valence-electron chi connectivity index (χ1n) is 6.29. The molecule has 120 valence electrons. The number of imidazole rings is 1. The standard InChI is InChI=1S/C13H8ClF4N5/c14-8-2-7(13(16,17)18)1-6(10(8)15)3-19-12-20-4-9-11(23-12)22-5-21-9/h1-2,4-5H,3H2,(H2,19,20,21,22,23). The van der Waals surface area contributed by atoms with Crippen LogP contribution >= 0.6 is 11.6 Å². The minimum absolute atomic E-state index is 0.109. The molecule has 1 aromatic carbocycles. The Kier molecular flexibility index (Phi) is 3.80. The summed E-state index contributed by atoms with van der Waals surface area (Å²) >= 11 is 5.52. The average molecular weight is 346 g/mol. The second-order valence-electron chi connectivity index (χ2n) is 4.62. The van der Waals surface area contributed by atoms with E-state index < -0.39 is 22.6 Å². The van der Waals surface area contributed by atoms with Crippen LogP contribution in [0.25, 0.3) is 11.2 Å². The summed E-state index contributed by atoms with van der Waals surface area (Å²) in [4.78, 5) is 14.7. The molecular formula is C13H8ClF4N5. The molecule has 0 saturated carbocycles. The molecule has 2 aromatic heterocycles. The van der Waals surface area contributed by atoms with Gasteiger partial charge in [0.2, 0.25) is 5.95 Å². The average Bonchev–Trinajstić information content (AvgIpc) is 2.95. The van der Waals surface area contributed by atoms with E-state index >= 15 is 0 Å². The van der Waals surface area contributed by atoms with Crippen molar-refractivity contribution in [2.24, 2.45) is 0 Å². The third-order valence-corrected chi connectivity index (χ3v) is 3.32. The number of hydrogen-bond donors (Lipinski definition) is 2. The molecule has 0 atom stereocenters. The molecule has 0 fully saturated rings. The largest absolute Gasteiger partial charge is 0.416 e. The van der Waals surface area contributed by atoms with Crippen LogP contribution in [0.1, 0.15) is 11.1 Å². The lowest BCUT2D eigenvalue weighted by molar-refractivity contribution is -0.137. The molecule has 0 radical (unpaired) electrons. The zero-order valence-electron chi connectivity index (χ0n) is 11.2. The Balaban J connectivity index is 1.85. The molecule has 0 unspecified atom stereocenters. The van der Waals surface area contributed by atoms with Crippen molar-refractivity contribution in [1.29, 1.82) is 0 Å². The maximum absolute atomic E-state index is 13.9. The van der Waals surface area contributed by atoms with Gasteiger partial charge in [-0.2, -0.15) is 18.2 Å². The zero-order chi connectivity index (χ0) is 16.6. The lowest BCUT2D eigenvalue weighted by atomic mass is 10.1. The molecule has 3 aromatic rings. The number of halogens is 5. The number of anilines is 1. The molecule has 23 heavy (non-hydrogen) atoms. The fourth-order valence-electron chi connectivity index (χ4n) is 1.93. The van der Waals surface area contributed by atoms with Gasteiger partial charge in [-0.1, -0.05) is 11.6 Å². The molecule has 0 bridgehead atoms. The lowest BCUT2D eigenvalue weighted by Gasteiger charge is -2.12. The van der Waals surface area contributed by atoms with Gasteiger partial charge in [-0.25, -0.2) is 14.4 Å².